The monoisotopic (exact) mass is 300 g/mol. The van der Waals surface area contributed by atoms with Gasteiger partial charge in [-0.25, -0.2) is 0 Å². The quantitative estimate of drug-likeness (QED) is 0.399. The summed E-state index contributed by atoms with van der Waals surface area (Å²) in [5.74, 6) is 0. The molecule has 0 radical (unpaired) electrons. The Morgan fingerprint density at radius 1 is 0.476 bits per heavy atom. The van der Waals surface area contributed by atoms with E-state index in [1.54, 1.807) is 0 Å². The summed E-state index contributed by atoms with van der Waals surface area (Å²) >= 11 is 0. The van der Waals surface area contributed by atoms with Crippen molar-refractivity contribution in [2.24, 2.45) is 5.73 Å². The average Bonchev–Trinajstić information content (AvgIpc) is 2.53. The van der Waals surface area contributed by atoms with Gasteiger partial charge in [-0.2, -0.15) is 0 Å². The van der Waals surface area contributed by atoms with E-state index in [-0.39, 0.29) is 0 Å². The van der Waals surface area contributed by atoms with Crippen LogP contribution in [-0.4, -0.2) is 31.6 Å². The van der Waals surface area contributed by atoms with Gasteiger partial charge in [0.15, 0.2) is 0 Å². The molecule has 0 heterocycles. The summed E-state index contributed by atoms with van der Waals surface area (Å²) in [6.45, 7) is 10.9. The number of nitrogens with two attached hydrogens (primary N) is 1. The molecule has 130 valence electrons. The molecule has 0 aliphatic carbocycles. The third kappa shape index (κ3) is 19.9. The second kappa shape index (κ2) is 22.2. The molecule has 2 heteroatoms. The highest BCUT2D eigenvalue weighted by molar-refractivity contribution is 4.59. The SMILES string of the molecule is CCCCCCN(CCCCCC)CCCCCC.CN. The van der Waals surface area contributed by atoms with Crippen molar-refractivity contribution in [1.82, 2.24) is 4.90 Å². The van der Waals surface area contributed by atoms with E-state index in [0.29, 0.717) is 0 Å². The van der Waals surface area contributed by atoms with Crippen LogP contribution < -0.4 is 5.73 Å². The molecule has 0 aromatic carbocycles. The van der Waals surface area contributed by atoms with Crippen molar-refractivity contribution in [3.8, 4) is 0 Å². The van der Waals surface area contributed by atoms with Crippen molar-refractivity contribution < 1.29 is 0 Å². The lowest BCUT2D eigenvalue weighted by Gasteiger charge is -2.22. The van der Waals surface area contributed by atoms with Crippen LogP contribution in [0.15, 0.2) is 0 Å². The Morgan fingerprint density at radius 2 is 0.762 bits per heavy atom. The zero-order valence-corrected chi connectivity index (χ0v) is 15.6. The summed E-state index contributed by atoms with van der Waals surface area (Å²) in [5, 5.41) is 0. The Hall–Kier alpha value is -0.0800. The maximum absolute atomic E-state index is 4.50. The molecular weight excluding hydrogens is 256 g/mol. The van der Waals surface area contributed by atoms with Crippen molar-refractivity contribution in [3.63, 3.8) is 0 Å². The van der Waals surface area contributed by atoms with Crippen LogP contribution in [-0.2, 0) is 0 Å². The lowest BCUT2D eigenvalue weighted by Crippen LogP contribution is -2.27. The highest BCUT2D eigenvalue weighted by Crippen LogP contribution is 2.08. The van der Waals surface area contributed by atoms with Gasteiger partial charge in [-0.15, -0.1) is 0 Å². The minimum absolute atomic E-state index is 1.35. The smallest absolute Gasteiger partial charge is 0.00187 e. The number of hydrogen-bond donors (Lipinski definition) is 1. The molecule has 0 fully saturated rings. The van der Waals surface area contributed by atoms with E-state index >= 15 is 0 Å². The largest absolute Gasteiger partial charge is 0.333 e. The van der Waals surface area contributed by atoms with Crippen LogP contribution in [0.5, 0.6) is 0 Å². The predicted molar refractivity (Wildman–Crippen MR) is 99.0 cm³/mol. The van der Waals surface area contributed by atoms with Crippen LogP contribution in [0, 0.1) is 0 Å². The summed E-state index contributed by atoms with van der Waals surface area (Å²) < 4.78 is 0. The van der Waals surface area contributed by atoms with Gasteiger partial charge in [0.25, 0.3) is 0 Å². The summed E-state index contributed by atoms with van der Waals surface area (Å²) in [6, 6.07) is 0. The van der Waals surface area contributed by atoms with Gasteiger partial charge in [-0.05, 0) is 45.9 Å². The van der Waals surface area contributed by atoms with Crippen molar-refractivity contribution in [2.45, 2.75) is 97.8 Å². The zero-order valence-electron chi connectivity index (χ0n) is 15.6. The van der Waals surface area contributed by atoms with Gasteiger partial charge in [-0.1, -0.05) is 78.6 Å². The maximum atomic E-state index is 4.50. The predicted octanol–water partition coefficient (Wildman–Crippen LogP) is 5.60. The Labute approximate surface area is 135 Å². The fourth-order valence-corrected chi connectivity index (χ4v) is 2.62. The Bertz CT molecular complexity index is 131. The number of nitrogens with zero attached hydrogens (tertiary/aromatic N) is 1. The van der Waals surface area contributed by atoms with E-state index in [9.17, 15) is 0 Å². The van der Waals surface area contributed by atoms with Crippen LogP contribution in [0.4, 0.5) is 0 Å². The van der Waals surface area contributed by atoms with Crippen molar-refractivity contribution >= 4 is 0 Å². The molecule has 0 aromatic rings. The van der Waals surface area contributed by atoms with Gasteiger partial charge in [0.1, 0.15) is 0 Å². The Morgan fingerprint density at radius 3 is 1.00 bits per heavy atom. The standard InChI is InChI=1S/C18H39N.CH5N/c1-4-7-10-13-16-19(17-14-11-8-5-2)18-15-12-9-6-3;1-2/h4-18H2,1-3H3;2H2,1H3. The Kier molecular flexibility index (Phi) is 24.5. The minimum Gasteiger partial charge on any atom is -0.333 e. The summed E-state index contributed by atoms with van der Waals surface area (Å²) in [6.07, 6.45) is 16.8. The average molecular weight is 301 g/mol. The minimum atomic E-state index is 1.35. The molecular formula is C19H44N2. The van der Waals surface area contributed by atoms with E-state index < -0.39 is 0 Å². The van der Waals surface area contributed by atoms with Gasteiger partial charge in [0.05, 0.1) is 0 Å². The molecule has 0 amide bonds. The molecule has 0 aliphatic heterocycles. The maximum Gasteiger partial charge on any atom is -0.00187 e. The Balaban J connectivity index is 0. The summed E-state index contributed by atoms with van der Waals surface area (Å²) in [5.41, 5.74) is 4.50. The van der Waals surface area contributed by atoms with Crippen molar-refractivity contribution in [3.05, 3.63) is 0 Å². The summed E-state index contributed by atoms with van der Waals surface area (Å²) in [4.78, 5) is 2.74. The van der Waals surface area contributed by atoms with E-state index in [1.165, 1.54) is 104 Å². The molecule has 2 nitrogen and oxygen atoms in total. The number of rotatable bonds is 15. The van der Waals surface area contributed by atoms with E-state index in [4.69, 9.17) is 0 Å². The fraction of sp³-hybridized carbons (Fsp3) is 1.00. The molecule has 0 saturated carbocycles. The first-order valence-corrected chi connectivity index (χ1v) is 9.65. The van der Waals surface area contributed by atoms with E-state index in [1.807, 2.05) is 0 Å². The van der Waals surface area contributed by atoms with E-state index in [0.717, 1.165) is 0 Å². The fourth-order valence-electron chi connectivity index (χ4n) is 2.62. The van der Waals surface area contributed by atoms with Gasteiger partial charge in [0.2, 0.25) is 0 Å². The molecule has 0 rings (SSSR count). The molecule has 0 spiro atoms. The van der Waals surface area contributed by atoms with Crippen molar-refractivity contribution in [1.29, 1.82) is 0 Å². The lowest BCUT2D eigenvalue weighted by molar-refractivity contribution is 0.255. The van der Waals surface area contributed by atoms with Gasteiger partial charge < -0.3 is 10.6 Å². The molecule has 0 bridgehead atoms. The normalized spacial score (nSPS) is 10.6. The molecule has 0 saturated heterocycles. The third-order valence-electron chi connectivity index (χ3n) is 3.98. The second-order valence-corrected chi connectivity index (χ2v) is 6.02. The molecule has 0 unspecified atom stereocenters. The van der Waals surface area contributed by atoms with Crippen LogP contribution >= 0.6 is 0 Å². The summed E-state index contributed by atoms with van der Waals surface area (Å²) in [7, 11) is 1.50. The molecule has 0 aromatic heterocycles. The molecule has 0 atom stereocenters. The lowest BCUT2D eigenvalue weighted by atomic mass is 10.1. The second-order valence-electron chi connectivity index (χ2n) is 6.02. The van der Waals surface area contributed by atoms with Crippen LogP contribution in [0.2, 0.25) is 0 Å². The molecule has 2 N–H and O–H groups in total. The third-order valence-corrected chi connectivity index (χ3v) is 3.98. The first kappa shape index (κ1) is 23.2. The van der Waals surface area contributed by atoms with Gasteiger partial charge >= 0.3 is 0 Å². The first-order chi connectivity index (χ1) is 10.3. The first-order valence-electron chi connectivity index (χ1n) is 9.65. The topological polar surface area (TPSA) is 29.3 Å². The zero-order chi connectivity index (χ0) is 16.2. The van der Waals surface area contributed by atoms with Crippen molar-refractivity contribution in [2.75, 3.05) is 26.7 Å². The van der Waals surface area contributed by atoms with E-state index in [2.05, 4.69) is 31.4 Å². The molecule has 21 heavy (non-hydrogen) atoms. The van der Waals surface area contributed by atoms with Crippen LogP contribution in [0.3, 0.4) is 0 Å². The van der Waals surface area contributed by atoms with Gasteiger partial charge in [0, 0.05) is 0 Å². The number of unbranched alkanes of at least 4 members (excludes halogenated alkanes) is 9. The highest BCUT2D eigenvalue weighted by atomic mass is 15.1. The van der Waals surface area contributed by atoms with Crippen LogP contribution in [0.25, 0.3) is 0 Å². The molecule has 0 aliphatic rings. The number of hydrogen-bond acceptors (Lipinski definition) is 2. The highest BCUT2D eigenvalue weighted by Gasteiger charge is 2.04. The van der Waals surface area contributed by atoms with Crippen LogP contribution in [0.1, 0.15) is 97.8 Å². The van der Waals surface area contributed by atoms with Gasteiger partial charge in [-0.3, -0.25) is 0 Å².